The van der Waals surface area contributed by atoms with Crippen molar-refractivity contribution in [3.63, 3.8) is 0 Å². The van der Waals surface area contributed by atoms with E-state index in [-0.39, 0.29) is 6.10 Å². The fourth-order valence-electron chi connectivity index (χ4n) is 2.16. The maximum Gasteiger partial charge on any atom is 0.330 e. The van der Waals surface area contributed by atoms with E-state index in [1.807, 2.05) is 6.92 Å². The lowest BCUT2D eigenvalue weighted by Crippen LogP contribution is -2.35. The molecule has 2 heterocycles. The highest BCUT2D eigenvalue weighted by atomic mass is 16.5. The van der Waals surface area contributed by atoms with Crippen molar-refractivity contribution in [3.8, 4) is 0 Å². The Kier molecular flexibility index (Phi) is 4.18. The Morgan fingerprint density at radius 3 is 3.00 bits per heavy atom. The summed E-state index contributed by atoms with van der Waals surface area (Å²) < 4.78 is 6.99. The maximum absolute atomic E-state index is 11.7. The van der Waals surface area contributed by atoms with Gasteiger partial charge in [-0.15, -0.1) is 0 Å². The first kappa shape index (κ1) is 14.0. The van der Waals surface area contributed by atoms with E-state index >= 15 is 0 Å². The molecule has 2 rings (SSSR count). The van der Waals surface area contributed by atoms with Crippen molar-refractivity contribution in [2.75, 3.05) is 13.1 Å². The van der Waals surface area contributed by atoms with Gasteiger partial charge in [0.25, 0.3) is 5.56 Å². The number of aromatic amines is 1. The number of ether oxygens (including phenoxy) is 1. The van der Waals surface area contributed by atoms with Gasteiger partial charge in [-0.25, -0.2) is 4.79 Å². The third-order valence-electron chi connectivity index (χ3n) is 3.26. The fourth-order valence-corrected chi connectivity index (χ4v) is 2.16. The number of aliphatic hydroxyl groups excluding tert-OH is 1. The first-order valence-corrected chi connectivity index (χ1v) is 6.39. The van der Waals surface area contributed by atoms with Gasteiger partial charge in [0.2, 0.25) is 0 Å². The van der Waals surface area contributed by atoms with Gasteiger partial charge in [-0.1, -0.05) is 6.92 Å². The molecule has 3 atom stereocenters. The number of likely N-dealkylation sites (N-methyl/N-ethyl adjacent to an activating group) is 1. The number of aryl methyl sites for hydroxylation is 1. The summed E-state index contributed by atoms with van der Waals surface area (Å²) in [4.78, 5) is 25.3. The average molecular weight is 269 g/mol. The Balaban J connectivity index is 2.18. The number of aliphatic hydroxyl groups is 1. The van der Waals surface area contributed by atoms with Crippen molar-refractivity contribution < 1.29 is 9.84 Å². The molecule has 0 amide bonds. The van der Waals surface area contributed by atoms with E-state index in [4.69, 9.17) is 4.74 Å². The van der Waals surface area contributed by atoms with E-state index in [9.17, 15) is 14.7 Å². The minimum atomic E-state index is -0.622. The van der Waals surface area contributed by atoms with Gasteiger partial charge in [0.05, 0.1) is 12.2 Å². The van der Waals surface area contributed by atoms with E-state index in [2.05, 4.69) is 10.3 Å². The largest absolute Gasteiger partial charge is 0.390 e. The lowest BCUT2D eigenvalue weighted by atomic mass is 10.2. The Morgan fingerprint density at radius 2 is 2.32 bits per heavy atom. The van der Waals surface area contributed by atoms with Crippen LogP contribution < -0.4 is 16.6 Å². The number of rotatable bonds is 4. The third-order valence-corrected chi connectivity index (χ3v) is 3.26. The Bertz CT molecular complexity index is 551. The highest BCUT2D eigenvalue weighted by Gasteiger charge is 2.35. The van der Waals surface area contributed by atoms with Crippen molar-refractivity contribution in [1.29, 1.82) is 0 Å². The van der Waals surface area contributed by atoms with Gasteiger partial charge in [-0.05, 0) is 13.5 Å². The zero-order valence-corrected chi connectivity index (χ0v) is 11.0. The number of hydrogen-bond donors (Lipinski definition) is 3. The molecule has 19 heavy (non-hydrogen) atoms. The highest BCUT2D eigenvalue weighted by molar-refractivity contribution is 5.02. The van der Waals surface area contributed by atoms with E-state index in [0.29, 0.717) is 18.5 Å². The molecule has 1 saturated heterocycles. The summed E-state index contributed by atoms with van der Waals surface area (Å²) in [5.41, 5.74) is -0.478. The van der Waals surface area contributed by atoms with Crippen molar-refractivity contribution in [2.24, 2.45) is 0 Å². The summed E-state index contributed by atoms with van der Waals surface area (Å²) in [6.45, 7) is 4.91. The molecule has 0 unspecified atom stereocenters. The molecule has 1 aliphatic heterocycles. The van der Waals surface area contributed by atoms with Gasteiger partial charge in [-0.3, -0.25) is 14.3 Å². The van der Waals surface area contributed by atoms with Gasteiger partial charge in [0.1, 0.15) is 6.23 Å². The molecule has 1 aromatic rings. The molecule has 0 bridgehead atoms. The summed E-state index contributed by atoms with van der Waals surface area (Å²) in [6, 6.07) is 0. The second-order valence-corrected chi connectivity index (χ2v) is 4.72. The number of nitrogens with zero attached hydrogens (tertiary/aromatic N) is 1. The number of nitrogens with one attached hydrogen (secondary N) is 2. The molecule has 0 radical (unpaired) electrons. The molecule has 0 aliphatic carbocycles. The predicted octanol–water partition coefficient (Wildman–Crippen LogP) is -0.897. The molecule has 1 fully saturated rings. The summed E-state index contributed by atoms with van der Waals surface area (Å²) >= 11 is 0. The minimum absolute atomic E-state index is 0.335. The van der Waals surface area contributed by atoms with Crippen LogP contribution in [0.5, 0.6) is 0 Å². The summed E-state index contributed by atoms with van der Waals surface area (Å²) in [7, 11) is 0. The number of aromatic nitrogens is 2. The van der Waals surface area contributed by atoms with Crippen LogP contribution in [-0.2, 0) is 4.74 Å². The van der Waals surface area contributed by atoms with Crippen LogP contribution in [0.4, 0.5) is 0 Å². The first-order chi connectivity index (χ1) is 9.02. The van der Waals surface area contributed by atoms with Crippen molar-refractivity contribution >= 4 is 0 Å². The molecular weight excluding hydrogens is 250 g/mol. The van der Waals surface area contributed by atoms with E-state index in [1.165, 1.54) is 10.8 Å². The lowest BCUT2D eigenvalue weighted by molar-refractivity contribution is -0.0190. The van der Waals surface area contributed by atoms with Crippen LogP contribution in [0.2, 0.25) is 0 Å². The Morgan fingerprint density at radius 1 is 1.58 bits per heavy atom. The van der Waals surface area contributed by atoms with Crippen LogP contribution in [0.25, 0.3) is 0 Å². The van der Waals surface area contributed by atoms with E-state index < -0.39 is 23.6 Å². The topological polar surface area (TPSA) is 96.4 Å². The van der Waals surface area contributed by atoms with Crippen LogP contribution in [0.15, 0.2) is 15.8 Å². The number of H-pyrrole nitrogens is 1. The smallest absolute Gasteiger partial charge is 0.330 e. The zero-order valence-electron chi connectivity index (χ0n) is 11.0. The monoisotopic (exact) mass is 269 g/mol. The van der Waals surface area contributed by atoms with Gasteiger partial charge < -0.3 is 15.2 Å². The molecule has 0 aromatic carbocycles. The fraction of sp³-hybridized carbons (Fsp3) is 0.667. The predicted molar refractivity (Wildman–Crippen MR) is 69.1 cm³/mol. The second kappa shape index (κ2) is 5.68. The standard InChI is InChI=1S/C12H19N3O4/c1-3-13-5-9-8(16)4-10(19-9)15-6-7(2)11(17)14-12(15)18/h6,8-10,13,16H,3-5H2,1-2H3,(H,14,17,18)/t8-,9+,10+/m0/s1. The molecule has 7 nitrogen and oxygen atoms in total. The molecule has 1 aromatic heterocycles. The lowest BCUT2D eigenvalue weighted by Gasteiger charge is -2.16. The Hall–Kier alpha value is -1.44. The molecule has 1 aliphatic rings. The first-order valence-electron chi connectivity index (χ1n) is 6.39. The van der Waals surface area contributed by atoms with Crippen LogP contribution in [-0.4, -0.2) is 40.0 Å². The highest BCUT2D eigenvalue weighted by Crippen LogP contribution is 2.27. The molecule has 106 valence electrons. The van der Waals surface area contributed by atoms with Crippen molar-refractivity contribution in [2.45, 2.75) is 38.7 Å². The van der Waals surface area contributed by atoms with E-state index in [1.54, 1.807) is 6.92 Å². The van der Waals surface area contributed by atoms with Gasteiger partial charge in [-0.2, -0.15) is 0 Å². The molecule has 0 saturated carbocycles. The molecular formula is C12H19N3O4. The SMILES string of the molecule is CCNC[C@H]1O[C@@H](n2cc(C)c(=O)[nH]c2=O)C[C@@H]1O. The van der Waals surface area contributed by atoms with Crippen molar-refractivity contribution in [1.82, 2.24) is 14.9 Å². The zero-order chi connectivity index (χ0) is 14.0. The summed E-state index contributed by atoms with van der Waals surface area (Å²) in [5.74, 6) is 0. The molecule has 7 heteroatoms. The van der Waals surface area contributed by atoms with Crippen LogP contribution in [0, 0.1) is 6.92 Å². The second-order valence-electron chi connectivity index (χ2n) is 4.72. The van der Waals surface area contributed by atoms with Gasteiger partial charge in [0.15, 0.2) is 0 Å². The van der Waals surface area contributed by atoms with Crippen LogP contribution in [0.1, 0.15) is 25.1 Å². The summed E-state index contributed by atoms with van der Waals surface area (Å²) in [6.07, 6.45) is 0.296. The van der Waals surface area contributed by atoms with E-state index in [0.717, 1.165) is 6.54 Å². The van der Waals surface area contributed by atoms with Crippen LogP contribution >= 0.6 is 0 Å². The third kappa shape index (κ3) is 2.94. The average Bonchev–Trinajstić information content (AvgIpc) is 2.72. The molecule has 3 N–H and O–H groups in total. The quantitative estimate of drug-likeness (QED) is 0.658. The van der Waals surface area contributed by atoms with Crippen LogP contribution in [0.3, 0.4) is 0 Å². The number of hydrogen-bond acceptors (Lipinski definition) is 5. The normalized spacial score (nSPS) is 26.8. The Labute approximate surface area is 110 Å². The maximum atomic E-state index is 11.7. The molecule has 0 spiro atoms. The van der Waals surface area contributed by atoms with Crippen molar-refractivity contribution in [3.05, 3.63) is 32.6 Å². The van der Waals surface area contributed by atoms with Gasteiger partial charge >= 0.3 is 5.69 Å². The summed E-state index contributed by atoms with van der Waals surface area (Å²) in [5, 5.41) is 13.0. The van der Waals surface area contributed by atoms with Gasteiger partial charge in [0, 0.05) is 24.7 Å². The minimum Gasteiger partial charge on any atom is -0.390 e.